The van der Waals surface area contributed by atoms with Gasteiger partial charge < -0.3 is 14.6 Å². The average Bonchev–Trinajstić information content (AvgIpc) is 2.92. The molecule has 27 heavy (non-hydrogen) atoms. The summed E-state index contributed by atoms with van der Waals surface area (Å²) in [6.45, 7) is 8.09. The molecule has 0 fully saturated rings. The maximum absolute atomic E-state index is 13.4. The zero-order chi connectivity index (χ0) is 20.1. The molecule has 0 radical (unpaired) electrons. The van der Waals surface area contributed by atoms with Crippen LogP contribution in [0.2, 0.25) is 0 Å². The van der Waals surface area contributed by atoms with E-state index in [0.29, 0.717) is 4.90 Å². The Morgan fingerprint density at radius 3 is 2.89 bits per heavy atom. The molecule has 1 aliphatic rings. The van der Waals surface area contributed by atoms with Gasteiger partial charge in [-0.15, -0.1) is 13.2 Å². The quantitative estimate of drug-likeness (QED) is 0.770. The minimum absolute atomic E-state index is 0.135. The van der Waals surface area contributed by atoms with Crippen LogP contribution in [-0.4, -0.2) is 27.3 Å². The second-order valence-corrected chi connectivity index (χ2v) is 6.85. The summed E-state index contributed by atoms with van der Waals surface area (Å²) in [5.74, 6) is -0.921. The molecule has 2 aromatic rings. The number of carbonyl (C=O) groups excluding carboxylic acids is 1. The van der Waals surface area contributed by atoms with E-state index in [2.05, 4.69) is 23.2 Å². The molecule has 1 aromatic carbocycles. The molecule has 7 nitrogen and oxygen atoms in total. The van der Waals surface area contributed by atoms with Crippen LogP contribution in [-0.2, 0) is 18.0 Å². The summed E-state index contributed by atoms with van der Waals surface area (Å²) >= 11 is 0. The standard InChI is InChI=1S/C16H15FN4O3S.C2H4/c1-9-8-24-15-13(25(23)20-9)7-21(2)14(15)16(22)19-11-3-4-12(17)10(5-11)6-18;1-2/h3-5,7,9,20H,8H2,1-2H3,(H,19,22);1-2H2. The number of nitrogens with zero attached hydrogens (tertiary/aromatic N) is 2. The highest BCUT2D eigenvalue weighted by molar-refractivity contribution is 7.83. The van der Waals surface area contributed by atoms with Gasteiger partial charge >= 0.3 is 0 Å². The lowest BCUT2D eigenvalue weighted by atomic mass is 10.2. The molecule has 1 amide bonds. The van der Waals surface area contributed by atoms with Crippen LogP contribution < -0.4 is 14.8 Å². The number of aromatic nitrogens is 1. The molecular formula is C18H19FN4O3S. The summed E-state index contributed by atoms with van der Waals surface area (Å²) in [7, 11) is 0.146. The van der Waals surface area contributed by atoms with Crippen molar-refractivity contribution in [3.63, 3.8) is 0 Å². The van der Waals surface area contributed by atoms with Crippen molar-refractivity contribution < 1.29 is 18.1 Å². The SMILES string of the molecule is C=C.CC1COc2c(cn(C)c2C(=O)Nc2ccc(F)c(C#N)c2)S(=O)N1. The number of rotatable bonds is 2. The van der Waals surface area contributed by atoms with Crippen LogP contribution in [0.3, 0.4) is 0 Å². The molecule has 142 valence electrons. The fourth-order valence-corrected chi connectivity index (χ4v) is 3.62. The van der Waals surface area contributed by atoms with Crippen molar-refractivity contribution in [1.29, 1.82) is 5.26 Å². The van der Waals surface area contributed by atoms with E-state index in [4.69, 9.17) is 10.00 Å². The minimum Gasteiger partial charge on any atom is -0.488 e. The molecule has 1 aromatic heterocycles. The number of halogens is 1. The molecule has 2 N–H and O–H groups in total. The van der Waals surface area contributed by atoms with Gasteiger partial charge in [-0.25, -0.2) is 13.3 Å². The van der Waals surface area contributed by atoms with Gasteiger partial charge in [0, 0.05) is 18.9 Å². The van der Waals surface area contributed by atoms with Gasteiger partial charge in [-0.2, -0.15) is 5.26 Å². The van der Waals surface area contributed by atoms with E-state index in [9.17, 15) is 13.4 Å². The van der Waals surface area contributed by atoms with Crippen molar-refractivity contribution in [1.82, 2.24) is 9.29 Å². The molecule has 0 aliphatic carbocycles. The summed E-state index contributed by atoms with van der Waals surface area (Å²) in [5, 5.41) is 11.5. The van der Waals surface area contributed by atoms with E-state index in [-0.39, 0.29) is 35.3 Å². The van der Waals surface area contributed by atoms with Crippen molar-refractivity contribution in [2.45, 2.75) is 17.9 Å². The largest absolute Gasteiger partial charge is 0.488 e. The van der Waals surface area contributed by atoms with Crippen molar-refractivity contribution in [3.8, 4) is 11.8 Å². The molecule has 2 atom stereocenters. The lowest BCUT2D eigenvalue weighted by Gasteiger charge is -2.11. The first-order valence-corrected chi connectivity index (χ1v) is 9.06. The normalized spacial score (nSPS) is 18.0. The Morgan fingerprint density at radius 1 is 1.52 bits per heavy atom. The van der Waals surface area contributed by atoms with Crippen LogP contribution in [0.5, 0.6) is 5.75 Å². The third-order valence-corrected chi connectivity index (χ3v) is 4.95. The number of benzene rings is 1. The molecule has 9 heteroatoms. The molecule has 0 saturated heterocycles. The fourth-order valence-electron chi connectivity index (χ4n) is 2.48. The van der Waals surface area contributed by atoms with Crippen molar-refractivity contribution in [2.75, 3.05) is 11.9 Å². The molecule has 2 heterocycles. The zero-order valence-corrected chi connectivity index (χ0v) is 15.7. The maximum atomic E-state index is 13.4. The third-order valence-electron chi connectivity index (χ3n) is 3.65. The van der Waals surface area contributed by atoms with Crippen LogP contribution in [0.4, 0.5) is 10.1 Å². The van der Waals surface area contributed by atoms with Crippen LogP contribution in [0.1, 0.15) is 23.0 Å². The van der Waals surface area contributed by atoms with E-state index >= 15 is 0 Å². The van der Waals surface area contributed by atoms with Gasteiger partial charge in [0.25, 0.3) is 5.91 Å². The van der Waals surface area contributed by atoms with E-state index in [1.807, 2.05) is 6.92 Å². The number of carbonyl (C=O) groups is 1. The predicted molar refractivity (Wildman–Crippen MR) is 100 cm³/mol. The Kier molecular flexibility index (Phi) is 6.50. The molecule has 2 unspecified atom stereocenters. The van der Waals surface area contributed by atoms with E-state index in [1.54, 1.807) is 19.3 Å². The van der Waals surface area contributed by atoms with Crippen molar-refractivity contribution in [2.24, 2.45) is 7.05 Å². The number of hydrogen-bond donors (Lipinski definition) is 2. The topological polar surface area (TPSA) is 96.2 Å². The Labute approximate surface area is 159 Å². The van der Waals surface area contributed by atoms with Crippen LogP contribution in [0.15, 0.2) is 42.4 Å². The first-order valence-electron chi connectivity index (χ1n) is 7.91. The molecular weight excluding hydrogens is 371 g/mol. The van der Waals surface area contributed by atoms with Crippen LogP contribution >= 0.6 is 0 Å². The third kappa shape index (κ3) is 4.24. The number of anilines is 1. The Balaban J connectivity index is 0.00000126. The first-order chi connectivity index (χ1) is 12.9. The number of hydrogen-bond acceptors (Lipinski definition) is 4. The average molecular weight is 390 g/mol. The zero-order valence-electron chi connectivity index (χ0n) is 14.9. The summed E-state index contributed by atoms with van der Waals surface area (Å²) in [6.07, 6.45) is 1.57. The highest BCUT2D eigenvalue weighted by atomic mass is 32.2. The summed E-state index contributed by atoms with van der Waals surface area (Å²) in [5.41, 5.74) is 0.306. The minimum atomic E-state index is -1.49. The lowest BCUT2D eigenvalue weighted by Crippen LogP contribution is -2.30. The van der Waals surface area contributed by atoms with Gasteiger partial charge in [0.2, 0.25) is 0 Å². The molecule has 0 spiro atoms. The monoisotopic (exact) mass is 390 g/mol. The Morgan fingerprint density at radius 2 is 2.22 bits per heavy atom. The summed E-state index contributed by atoms with van der Waals surface area (Å²) in [4.78, 5) is 13.0. The van der Waals surface area contributed by atoms with Crippen LogP contribution in [0, 0.1) is 17.1 Å². The smallest absolute Gasteiger partial charge is 0.276 e. The number of amides is 1. The van der Waals surface area contributed by atoms with Crippen molar-refractivity contribution in [3.05, 3.63) is 54.6 Å². The fraction of sp³-hybridized carbons (Fsp3) is 0.222. The lowest BCUT2D eigenvalue weighted by molar-refractivity contribution is 0.101. The Hall–Kier alpha value is -2.96. The van der Waals surface area contributed by atoms with Gasteiger partial charge in [0.15, 0.2) is 11.4 Å². The van der Waals surface area contributed by atoms with E-state index in [1.165, 1.54) is 16.7 Å². The number of nitrogens with one attached hydrogen (secondary N) is 2. The highest BCUT2D eigenvalue weighted by Crippen LogP contribution is 2.31. The van der Waals surface area contributed by atoms with E-state index < -0.39 is 22.7 Å². The van der Waals surface area contributed by atoms with E-state index in [0.717, 1.165) is 6.07 Å². The van der Waals surface area contributed by atoms with Gasteiger partial charge in [0.05, 0.1) is 11.6 Å². The number of aryl methyl sites for hydroxylation is 1. The maximum Gasteiger partial charge on any atom is 0.276 e. The summed E-state index contributed by atoms with van der Waals surface area (Å²) < 4.78 is 35.7. The van der Waals surface area contributed by atoms with Gasteiger partial charge in [-0.1, -0.05) is 0 Å². The highest BCUT2D eigenvalue weighted by Gasteiger charge is 2.28. The Bertz CT molecular complexity index is 935. The van der Waals surface area contributed by atoms with Crippen molar-refractivity contribution >= 4 is 22.6 Å². The predicted octanol–water partition coefficient (Wildman–Crippen LogP) is 2.48. The second-order valence-electron chi connectivity index (χ2n) is 5.64. The number of fused-ring (bicyclic) bond motifs is 1. The van der Waals surface area contributed by atoms with Gasteiger partial charge in [-0.05, 0) is 25.1 Å². The summed E-state index contributed by atoms with van der Waals surface area (Å²) in [6, 6.07) is 5.30. The second kappa shape index (κ2) is 8.62. The molecule has 3 rings (SSSR count). The first kappa shape index (κ1) is 20.4. The molecule has 1 aliphatic heterocycles. The number of nitriles is 1. The van der Waals surface area contributed by atoms with Crippen LogP contribution in [0.25, 0.3) is 0 Å². The number of ether oxygens (including phenoxy) is 1. The van der Waals surface area contributed by atoms with Gasteiger partial charge in [-0.3, -0.25) is 4.79 Å². The molecule has 0 bridgehead atoms. The van der Waals surface area contributed by atoms with Gasteiger partial charge in [0.1, 0.15) is 34.4 Å². The molecule has 0 saturated carbocycles.